The molecule has 0 bridgehead atoms. The molecule has 2 fully saturated rings. The number of imide groups is 1. The molecule has 0 radical (unpaired) electrons. The van der Waals surface area contributed by atoms with Gasteiger partial charge in [-0.05, 0) is 87.5 Å². The van der Waals surface area contributed by atoms with Gasteiger partial charge in [-0.1, -0.05) is 28.1 Å². The number of rotatable bonds is 15. The number of piperidine rings is 1. The Balaban J connectivity index is 0.826. The highest BCUT2D eigenvalue weighted by molar-refractivity contribution is 9.10. The van der Waals surface area contributed by atoms with E-state index in [0.29, 0.717) is 42.6 Å². The van der Waals surface area contributed by atoms with Crippen molar-refractivity contribution < 1.29 is 33.0 Å². The van der Waals surface area contributed by atoms with Crippen molar-refractivity contribution in [3.63, 3.8) is 0 Å². The summed E-state index contributed by atoms with van der Waals surface area (Å²) in [6.07, 6.45) is 3.20. The minimum Gasteiger partial charge on any atom is -0.493 e. The number of piperazine rings is 1. The van der Waals surface area contributed by atoms with E-state index in [2.05, 4.69) is 60.8 Å². The van der Waals surface area contributed by atoms with E-state index in [1.54, 1.807) is 12.0 Å². The topological polar surface area (TPSA) is 158 Å². The molecule has 1 unspecified atom stereocenters. The van der Waals surface area contributed by atoms with Crippen LogP contribution in [0.15, 0.2) is 53.0 Å². The van der Waals surface area contributed by atoms with Gasteiger partial charge >= 0.3 is 0 Å². The Morgan fingerprint density at radius 3 is 2.60 bits per heavy atom. The standard InChI is InChI=1S/C42H48BrFN8O6/c1-25(27-8-7-9-29(43)18-27)46-40-31-21-36(57-3)37(22-33(31)47-26(2)48-40)58-17-6-4-5-12-50-13-15-51(16-14-50)39(54)23-45-34-19-28-24-52(42(56)30(28)20-32(34)44)35-10-11-38(53)49-41(35)55/h7-9,18-22,25,35,45H,4-6,10-17,23-24H2,1-3H3,(H,46,47,48)(H,49,53,55)/t25-,35?/m1/s1. The second-order valence-electron chi connectivity index (χ2n) is 14.9. The lowest BCUT2D eigenvalue weighted by Crippen LogP contribution is -2.52. The molecule has 58 heavy (non-hydrogen) atoms. The summed E-state index contributed by atoms with van der Waals surface area (Å²) in [7, 11) is 1.63. The summed E-state index contributed by atoms with van der Waals surface area (Å²) < 4.78 is 28.0. The molecule has 2 atom stereocenters. The van der Waals surface area contributed by atoms with Gasteiger partial charge in [0.25, 0.3) is 5.91 Å². The van der Waals surface area contributed by atoms with Gasteiger partial charge in [0.1, 0.15) is 23.5 Å². The molecule has 0 saturated carbocycles. The van der Waals surface area contributed by atoms with Gasteiger partial charge in [-0.2, -0.15) is 0 Å². The number of nitrogens with one attached hydrogen (secondary N) is 3. The summed E-state index contributed by atoms with van der Waals surface area (Å²) >= 11 is 3.56. The van der Waals surface area contributed by atoms with E-state index in [0.717, 1.165) is 71.7 Å². The first-order chi connectivity index (χ1) is 28.0. The van der Waals surface area contributed by atoms with Gasteiger partial charge in [-0.15, -0.1) is 0 Å². The second-order valence-corrected chi connectivity index (χ2v) is 15.9. The molecule has 4 aromatic rings. The molecular formula is C42H48BrFN8O6. The average molecular weight is 860 g/mol. The Bertz CT molecular complexity index is 2220. The smallest absolute Gasteiger partial charge is 0.255 e. The van der Waals surface area contributed by atoms with E-state index in [-0.39, 0.29) is 55.0 Å². The summed E-state index contributed by atoms with van der Waals surface area (Å²) in [5.74, 6) is 0.520. The first-order valence-corrected chi connectivity index (χ1v) is 20.5. The fourth-order valence-corrected chi connectivity index (χ4v) is 8.14. The van der Waals surface area contributed by atoms with Crippen molar-refractivity contribution in [3.8, 4) is 11.5 Å². The lowest BCUT2D eigenvalue weighted by molar-refractivity contribution is -0.137. The average Bonchev–Trinajstić information content (AvgIpc) is 3.51. The molecule has 3 N–H and O–H groups in total. The van der Waals surface area contributed by atoms with Crippen LogP contribution in [0.2, 0.25) is 0 Å². The monoisotopic (exact) mass is 858 g/mol. The van der Waals surface area contributed by atoms with E-state index in [1.165, 1.54) is 11.0 Å². The molecule has 3 aliphatic heterocycles. The van der Waals surface area contributed by atoms with Crippen molar-refractivity contribution in [2.75, 3.05) is 63.6 Å². The van der Waals surface area contributed by atoms with Crippen molar-refractivity contribution >= 4 is 62.0 Å². The third-order valence-electron chi connectivity index (χ3n) is 10.9. The van der Waals surface area contributed by atoms with Crippen LogP contribution in [0, 0.1) is 12.7 Å². The molecule has 0 spiro atoms. The van der Waals surface area contributed by atoms with E-state index in [1.807, 2.05) is 31.2 Å². The molecule has 1 aromatic heterocycles. The number of hydrogen-bond donors (Lipinski definition) is 3. The molecular weight excluding hydrogens is 811 g/mol. The van der Waals surface area contributed by atoms with Gasteiger partial charge in [-0.25, -0.2) is 14.4 Å². The normalized spacial score (nSPS) is 17.6. The summed E-state index contributed by atoms with van der Waals surface area (Å²) in [5, 5.41) is 9.57. The summed E-state index contributed by atoms with van der Waals surface area (Å²) in [6.45, 7) is 8.12. The largest absolute Gasteiger partial charge is 0.493 e. The number of carbonyl (C=O) groups is 4. The number of halogens is 2. The van der Waals surface area contributed by atoms with Crippen molar-refractivity contribution in [2.24, 2.45) is 0 Å². The molecule has 16 heteroatoms. The zero-order chi connectivity index (χ0) is 40.9. The number of aromatic nitrogens is 2. The maximum absolute atomic E-state index is 15.0. The lowest BCUT2D eigenvalue weighted by atomic mass is 10.0. The first kappa shape index (κ1) is 40.8. The molecule has 3 aliphatic rings. The number of nitrogens with zero attached hydrogens (tertiary/aromatic N) is 5. The molecule has 4 amide bonds. The molecule has 306 valence electrons. The zero-order valence-corrected chi connectivity index (χ0v) is 34.5. The number of carbonyl (C=O) groups excluding carboxylic acids is 4. The molecule has 0 aliphatic carbocycles. The van der Waals surface area contributed by atoms with Crippen molar-refractivity contribution in [1.82, 2.24) is 30.0 Å². The fraction of sp³-hybridized carbons (Fsp3) is 0.429. The van der Waals surface area contributed by atoms with Gasteiger partial charge in [0.2, 0.25) is 17.7 Å². The highest BCUT2D eigenvalue weighted by Gasteiger charge is 2.39. The first-order valence-electron chi connectivity index (χ1n) is 19.7. The Morgan fingerprint density at radius 2 is 1.84 bits per heavy atom. The fourth-order valence-electron chi connectivity index (χ4n) is 7.72. The van der Waals surface area contributed by atoms with Crippen LogP contribution in [0.4, 0.5) is 15.9 Å². The molecule has 7 rings (SSSR count). The molecule has 2 saturated heterocycles. The predicted octanol–water partition coefficient (Wildman–Crippen LogP) is 5.59. The minimum atomic E-state index is -0.783. The van der Waals surface area contributed by atoms with E-state index in [9.17, 15) is 19.2 Å². The van der Waals surface area contributed by atoms with Crippen molar-refractivity contribution in [1.29, 1.82) is 0 Å². The second kappa shape index (κ2) is 18.1. The maximum atomic E-state index is 15.0. The number of methoxy groups -OCH3 is 1. The zero-order valence-electron chi connectivity index (χ0n) is 32.9. The van der Waals surface area contributed by atoms with E-state index < -0.39 is 23.7 Å². The quantitative estimate of drug-likeness (QED) is 0.101. The number of benzene rings is 3. The van der Waals surface area contributed by atoms with Gasteiger partial charge in [0.15, 0.2) is 11.5 Å². The number of anilines is 2. The summed E-state index contributed by atoms with van der Waals surface area (Å²) in [4.78, 5) is 64.8. The summed E-state index contributed by atoms with van der Waals surface area (Å²) in [6, 6.07) is 13.9. The molecule has 14 nitrogen and oxygen atoms in total. The Labute approximate surface area is 345 Å². The van der Waals surface area contributed by atoms with Gasteiger partial charge in [0, 0.05) is 60.6 Å². The van der Waals surface area contributed by atoms with Crippen LogP contribution in [0.5, 0.6) is 11.5 Å². The predicted molar refractivity (Wildman–Crippen MR) is 220 cm³/mol. The number of fused-ring (bicyclic) bond motifs is 2. The van der Waals surface area contributed by atoms with Crippen LogP contribution >= 0.6 is 15.9 Å². The number of hydrogen-bond acceptors (Lipinski definition) is 11. The van der Waals surface area contributed by atoms with Crippen molar-refractivity contribution in [2.45, 2.75) is 64.6 Å². The van der Waals surface area contributed by atoms with Gasteiger partial charge < -0.3 is 29.9 Å². The van der Waals surface area contributed by atoms with Crippen LogP contribution in [-0.2, 0) is 20.9 Å². The number of ether oxygens (including phenoxy) is 2. The van der Waals surface area contributed by atoms with Crippen LogP contribution in [0.25, 0.3) is 10.9 Å². The van der Waals surface area contributed by atoms with E-state index in [4.69, 9.17) is 14.5 Å². The molecule has 4 heterocycles. The maximum Gasteiger partial charge on any atom is 0.255 e. The highest BCUT2D eigenvalue weighted by Crippen LogP contribution is 2.36. The summed E-state index contributed by atoms with van der Waals surface area (Å²) in [5.41, 5.74) is 2.78. The van der Waals surface area contributed by atoms with Crippen LogP contribution < -0.4 is 25.4 Å². The van der Waals surface area contributed by atoms with Crippen LogP contribution in [0.1, 0.15) is 72.4 Å². The molecule has 3 aromatic carbocycles. The Kier molecular flexibility index (Phi) is 12.7. The highest BCUT2D eigenvalue weighted by atomic mass is 79.9. The van der Waals surface area contributed by atoms with Crippen LogP contribution in [-0.4, -0.2) is 107 Å². The minimum absolute atomic E-state index is 0.0141. The third kappa shape index (κ3) is 9.34. The Morgan fingerprint density at radius 1 is 1.03 bits per heavy atom. The van der Waals surface area contributed by atoms with Crippen LogP contribution in [0.3, 0.4) is 0 Å². The van der Waals surface area contributed by atoms with E-state index >= 15 is 4.39 Å². The van der Waals surface area contributed by atoms with Crippen molar-refractivity contribution in [3.05, 3.63) is 81.3 Å². The lowest BCUT2D eigenvalue weighted by Gasteiger charge is -2.34. The number of aryl methyl sites for hydroxylation is 1. The number of unbranched alkanes of at least 4 members (excludes halogenated alkanes) is 2. The van der Waals surface area contributed by atoms with Gasteiger partial charge in [-0.3, -0.25) is 29.4 Å². The SMILES string of the molecule is COc1cc2c(N[C@H](C)c3cccc(Br)c3)nc(C)nc2cc1OCCCCCN1CCN(C(=O)CNc2cc3c(cc2F)C(=O)N(C2CCC(=O)NC2=O)C3)CC1. The van der Waals surface area contributed by atoms with Gasteiger partial charge in [0.05, 0.1) is 37.5 Å². The Hall–Kier alpha value is -5.35. The third-order valence-corrected chi connectivity index (χ3v) is 11.4. The number of amides is 4.